The second-order valence-corrected chi connectivity index (χ2v) is 8.54. The first kappa shape index (κ1) is 23.5. The fraction of sp³-hybridized carbons (Fsp3) is 0.500. The molecule has 1 aromatic carbocycles. The van der Waals surface area contributed by atoms with Crippen LogP contribution in [-0.4, -0.2) is 59.7 Å². The van der Waals surface area contributed by atoms with E-state index in [1.807, 2.05) is 30.3 Å². The molecule has 1 aliphatic rings. The summed E-state index contributed by atoms with van der Waals surface area (Å²) in [7, 11) is 3.28. The summed E-state index contributed by atoms with van der Waals surface area (Å²) >= 11 is 0. The first-order chi connectivity index (χ1) is 15.3. The molecule has 1 heterocycles. The van der Waals surface area contributed by atoms with Gasteiger partial charge >= 0.3 is 5.97 Å². The van der Waals surface area contributed by atoms with Crippen molar-refractivity contribution in [2.75, 3.05) is 32.1 Å². The van der Waals surface area contributed by atoms with E-state index in [0.717, 1.165) is 31.4 Å². The number of esters is 1. The maximum Gasteiger partial charge on any atom is 0.343 e. The SMILES string of the molecule is CCOC(=O)c1cn(-c2ccccc2)nc1N(CC(=O)N(C)C)C(=O)C1CCC(C)CC1. The molecule has 1 aromatic heterocycles. The molecule has 0 radical (unpaired) electrons. The molecule has 2 aromatic rings. The normalized spacial score (nSPS) is 18.1. The minimum absolute atomic E-state index is 0.158. The summed E-state index contributed by atoms with van der Waals surface area (Å²) < 4.78 is 6.78. The van der Waals surface area contributed by atoms with Crippen LogP contribution in [0, 0.1) is 11.8 Å². The molecule has 1 fully saturated rings. The van der Waals surface area contributed by atoms with Gasteiger partial charge in [0.15, 0.2) is 5.82 Å². The highest BCUT2D eigenvalue weighted by atomic mass is 16.5. The summed E-state index contributed by atoms with van der Waals surface area (Å²) in [5, 5.41) is 4.58. The molecule has 1 saturated carbocycles. The third-order valence-corrected chi connectivity index (χ3v) is 5.89. The summed E-state index contributed by atoms with van der Waals surface area (Å²) in [5.41, 5.74) is 0.905. The highest BCUT2D eigenvalue weighted by Crippen LogP contribution is 2.32. The highest BCUT2D eigenvalue weighted by Gasteiger charge is 2.34. The minimum atomic E-state index is -0.572. The number of likely N-dealkylation sites (N-methyl/N-ethyl adjacent to an activating group) is 1. The zero-order chi connectivity index (χ0) is 23.3. The van der Waals surface area contributed by atoms with E-state index in [9.17, 15) is 14.4 Å². The van der Waals surface area contributed by atoms with E-state index < -0.39 is 5.97 Å². The number of rotatable bonds is 7. The molecule has 3 rings (SSSR count). The number of benzene rings is 1. The topological polar surface area (TPSA) is 84.7 Å². The summed E-state index contributed by atoms with van der Waals surface area (Å²) in [6.07, 6.45) is 5.03. The second-order valence-electron chi connectivity index (χ2n) is 8.54. The number of anilines is 1. The Labute approximate surface area is 189 Å². The van der Waals surface area contributed by atoms with Crippen LogP contribution in [0.3, 0.4) is 0 Å². The van der Waals surface area contributed by atoms with Crippen LogP contribution in [0.15, 0.2) is 36.5 Å². The molecule has 0 spiro atoms. The molecule has 32 heavy (non-hydrogen) atoms. The Morgan fingerprint density at radius 1 is 1.09 bits per heavy atom. The monoisotopic (exact) mass is 440 g/mol. The zero-order valence-corrected chi connectivity index (χ0v) is 19.3. The van der Waals surface area contributed by atoms with Gasteiger partial charge in [-0.25, -0.2) is 9.48 Å². The largest absolute Gasteiger partial charge is 0.462 e. The predicted octanol–water partition coefficient (Wildman–Crippen LogP) is 3.30. The second kappa shape index (κ2) is 10.4. The van der Waals surface area contributed by atoms with Crippen LogP contribution in [0.5, 0.6) is 0 Å². The Bertz CT molecular complexity index is 946. The zero-order valence-electron chi connectivity index (χ0n) is 19.3. The number of carbonyl (C=O) groups excluding carboxylic acids is 3. The van der Waals surface area contributed by atoms with E-state index in [1.54, 1.807) is 31.9 Å². The first-order valence-electron chi connectivity index (χ1n) is 11.2. The average Bonchev–Trinajstić information content (AvgIpc) is 3.23. The maximum absolute atomic E-state index is 13.6. The molecule has 0 aliphatic heterocycles. The van der Waals surface area contributed by atoms with Crippen LogP contribution in [0.1, 0.15) is 49.9 Å². The van der Waals surface area contributed by atoms with Crippen LogP contribution in [0.25, 0.3) is 5.69 Å². The molecule has 1 aliphatic carbocycles. The fourth-order valence-electron chi connectivity index (χ4n) is 3.89. The molecule has 0 atom stereocenters. The third kappa shape index (κ3) is 5.36. The van der Waals surface area contributed by atoms with E-state index in [4.69, 9.17) is 4.74 Å². The molecule has 172 valence electrons. The van der Waals surface area contributed by atoms with Gasteiger partial charge in [-0.1, -0.05) is 25.1 Å². The Kier molecular flexibility index (Phi) is 7.66. The molecule has 0 unspecified atom stereocenters. The molecule has 8 heteroatoms. The van der Waals surface area contributed by atoms with Crippen molar-refractivity contribution < 1.29 is 19.1 Å². The third-order valence-electron chi connectivity index (χ3n) is 5.89. The van der Waals surface area contributed by atoms with Crippen molar-refractivity contribution in [2.24, 2.45) is 11.8 Å². The molecular formula is C24H32N4O4. The number of carbonyl (C=O) groups is 3. The fourth-order valence-corrected chi connectivity index (χ4v) is 3.89. The number of aromatic nitrogens is 2. The van der Waals surface area contributed by atoms with E-state index in [1.165, 1.54) is 9.80 Å². The minimum Gasteiger partial charge on any atom is -0.462 e. The van der Waals surface area contributed by atoms with E-state index >= 15 is 0 Å². The standard InChI is InChI=1S/C24H32N4O4/c1-5-32-24(31)20-15-28(19-9-7-6-8-10-19)25-22(20)27(16-21(29)26(3)4)23(30)18-13-11-17(2)12-14-18/h6-10,15,17-18H,5,11-14,16H2,1-4H3. The lowest BCUT2D eigenvalue weighted by molar-refractivity contribution is -0.130. The lowest BCUT2D eigenvalue weighted by Gasteiger charge is -2.30. The van der Waals surface area contributed by atoms with Gasteiger partial charge in [0.2, 0.25) is 11.8 Å². The van der Waals surface area contributed by atoms with Crippen LogP contribution in [0.2, 0.25) is 0 Å². The van der Waals surface area contributed by atoms with Gasteiger partial charge in [0.05, 0.1) is 12.3 Å². The number of amides is 2. The predicted molar refractivity (Wildman–Crippen MR) is 122 cm³/mol. The van der Waals surface area contributed by atoms with Gasteiger partial charge in [0.25, 0.3) is 0 Å². The summed E-state index contributed by atoms with van der Waals surface area (Å²) in [6, 6.07) is 9.32. The maximum atomic E-state index is 13.6. The number of para-hydroxylation sites is 1. The lowest BCUT2D eigenvalue weighted by atomic mass is 9.82. The number of nitrogens with zero attached hydrogens (tertiary/aromatic N) is 4. The Morgan fingerprint density at radius 3 is 2.34 bits per heavy atom. The van der Waals surface area contributed by atoms with Gasteiger partial charge in [-0.15, -0.1) is 5.10 Å². The lowest BCUT2D eigenvalue weighted by Crippen LogP contribution is -2.44. The van der Waals surface area contributed by atoms with Crippen molar-refractivity contribution in [1.29, 1.82) is 0 Å². The number of hydrogen-bond acceptors (Lipinski definition) is 5. The van der Waals surface area contributed by atoms with Crippen LogP contribution in [0.4, 0.5) is 5.82 Å². The van der Waals surface area contributed by atoms with Crippen molar-refractivity contribution in [3.8, 4) is 5.69 Å². The van der Waals surface area contributed by atoms with Crippen LogP contribution < -0.4 is 4.90 Å². The number of ether oxygens (including phenoxy) is 1. The average molecular weight is 441 g/mol. The highest BCUT2D eigenvalue weighted by molar-refractivity contribution is 6.04. The van der Waals surface area contributed by atoms with Crippen LogP contribution in [-0.2, 0) is 14.3 Å². The van der Waals surface area contributed by atoms with Gasteiger partial charge in [0, 0.05) is 26.2 Å². The van der Waals surface area contributed by atoms with Crippen molar-refractivity contribution in [2.45, 2.75) is 39.5 Å². The Hall–Kier alpha value is -3.16. The molecular weight excluding hydrogens is 408 g/mol. The number of hydrogen-bond donors (Lipinski definition) is 0. The summed E-state index contributed by atoms with van der Waals surface area (Å²) in [6.45, 7) is 3.92. The molecule has 8 nitrogen and oxygen atoms in total. The molecule has 0 saturated heterocycles. The Morgan fingerprint density at radius 2 is 1.75 bits per heavy atom. The van der Waals surface area contributed by atoms with E-state index in [0.29, 0.717) is 5.92 Å². The molecule has 0 N–H and O–H groups in total. The van der Waals surface area contributed by atoms with Crippen molar-refractivity contribution >= 4 is 23.6 Å². The summed E-state index contributed by atoms with van der Waals surface area (Å²) in [4.78, 5) is 41.8. The van der Waals surface area contributed by atoms with Crippen molar-refractivity contribution in [3.05, 3.63) is 42.1 Å². The Balaban J connectivity index is 2.04. The van der Waals surface area contributed by atoms with Crippen molar-refractivity contribution in [3.63, 3.8) is 0 Å². The first-order valence-corrected chi connectivity index (χ1v) is 11.2. The molecule has 2 amide bonds. The van der Waals surface area contributed by atoms with E-state index in [-0.39, 0.29) is 42.3 Å². The van der Waals surface area contributed by atoms with Crippen molar-refractivity contribution in [1.82, 2.24) is 14.7 Å². The van der Waals surface area contributed by atoms with Gasteiger partial charge in [-0.2, -0.15) is 0 Å². The van der Waals surface area contributed by atoms with Gasteiger partial charge in [-0.05, 0) is 50.7 Å². The van der Waals surface area contributed by atoms with E-state index in [2.05, 4.69) is 12.0 Å². The van der Waals surface area contributed by atoms with Crippen LogP contribution >= 0.6 is 0 Å². The summed E-state index contributed by atoms with van der Waals surface area (Å²) in [5.74, 6) is -0.438. The quantitative estimate of drug-likeness (QED) is 0.617. The van der Waals surface area contributed by atoms with Gasteiger partial charge in [0.1, 0.15) is 12.1 Å². The smallest absolute Gasteiger partial charge is 0.343 e. The van der Waals surface area contributed by atoms with Gasteiger partial charge < -0.3 is 9.64 Å². The molecule has 0 bridgehead atoms. The van der Waals surface area contributed by atoms with Gasteiger partial charge in [-0.3, -0.25) is 14.5 Å².